The van der Waals surface area contributed by atoms with Crippen LogP contribution in [0.15, 0.2) is 53.6 Å². The first-order valence-electron chi connectivity index (χ1n) is 8.96. The molecule has 1 aliphatic rings. The Bertz CT molecular complexity index is 803. The van der Waals surface area contributed by atoms with E-state index in [1.165, 1.54) is 5.56 Å². The molecule has 0 spiro atoms. The van der Waals surface area contributed by atoms with E-state index in [-0.39, 0.29) is 5.11 Å². The maximum Gasteiger partial charge on any atom is 0.184 e. The second-order valence-corrected chi connectivity index (χ2v) is 7.40. The summed E-state index contributed by atoms with van der Waals surface area (Å²) in [5.74, 6) is 0. The largest absolute Gasteiger partial charge is 0.375 e. The average Bonchev–Trinajstić information content (AvgIpc) is 2.68. The standard InChI is InChI=1S/C20H24ClN5S/c1-15(17-5-3-2-4-6-17)25-9-11-26(12-10-25)19-8-7-16(13-18(19)21)14-23-24-20(22)27/h2-8,13-15H,9-12H2,1H3,(H3,22,24,27)/b23-14+. The molecule has 3 N–H and O–H groups in total. The van der Waals surface area contributed by atoms with Crippen molar-refractivity contribution in [2.75, 3.05) is 31.1 Å². The Kier molecular flexibility index (Phi) is 6.66. The summed E-state index contributed by atoms with van der Waals surface area (Å²) in [4.78, 5) is 4.85. The highest BCUT2D eigenvalue weighted by Gasteiger charge is 2.23. The van der Waals surface area contributed by atoms with Gasteiger partial charge in [0.25, 0.3) is 0 Å². The molecule has 1 unspecified atom stereocenters. The zero-order valence-corrected chi connectivity index (χ0v) is 16.9. The zero-order chi connectivity index (χ0) is 19.2. The summed E-state index contributed by atoms with van der Waals surface area (Å²) in [6.07, 6.45) is 1.65. The first kappa shape index (κ1) is 19.6. The lowest BCUT2D eigenvalue weighted by atomic mass is 10.1. The van der Waals surface area contributed by atoms with Crippen LogP contribution >= 0.6 is 23.8 Å². The number of nitrogens with two attached hydrogens (primary N) is 1. The molecule has 1 aliphatic heterocycles. The summed E-state index contributed by atoms with van der Waals surface area (Å²) in [6, 6.07) is 17.0. The number of halogens is 1. The minimum absolute atomic E-state index is 0.136. The summed E-state index contributed by atoms with van der Waals surface area (Å²) in [7, 11) is 0. The van der Waals surface area contributed by atoms with Crippen LogP contribution in [0.1, 0.15) is 24.1 Å². The number of piperazine rings is 1. The maximum atomic E-state index is 6.51. The number of thiocarbonyl (C=S) groups is 1. The van der Waals surface area contributed by atoms with Gasteiger partial charge in [0.1, 0.15) is 0 Å². The molecule has 7 heteroatoms. The van der Waals surface area contributed by atoms with Crippen molar-refractivity contribution < 1.29 is 0 Å². The lowest BCUT2D eigenvalue weighted by Gasteiger charge is -2.39. The van der Waals surface area contributed by atoms with Gasteiger partial charge in [-0.15, -0.1) is 0 Å². The van der Waals surface area contributed by atoms with Gasteiger partial charge in [-0.05, 0) is 42.4 Å². The van der Waals surface area contributed by atoms with Crippen molar-refractivity contribution in [2.24, 2.45) is 10.8 Å². The molecule has 5 nitrogen and oxygen atoms in total. The van der Waals surface area contributed by atoms with Crippen LogP contribution in [-0.4, -0.2) is 42.4 Å². The molecule has 0 radical (unpaired) electrons. The van der Waals surface area contributed by atoms with Crippen molar-refractivity contribution in [3.05, 3.63) is 64.7 Å². The molecule has 1 atom stereocenters. The van der Waals surface area contributed by atoms with Gasteiger partial charge in [0.05, 0.1) is 16.9 Å². The molecule has 2 aromatic carbocycles. The molecule has 1 saturated heterocycles. The molecule has 0 aliphatic carbocycles. The smallest absolute Gasteiger partial charge is 0.184 e. The van der Waals surface area contributed by atoms with Gasteiger partial charge in [-0.25, -0.2) is 0 Å². The second kappa shape index (κ2) is 9.17. The third kappa shape index (κ3) is 5.19. The van der Waals surface area contributed by atoms with Gasteiger partial charge in [0.15, 0.2) is 5.11 Å². The topological polar surface area (TPSA) is 56.9 Å². The SMILES string of the molecule is CC(c1ccccc1)N1CCN(c2ccc(/C=N/NC(N)=S)cc2Cl)CC1. The number of nitrogens with one attached hydrogen (secondary N) is 1. The predicted octanol–water partition coefficient (Wildman–Crippen LogP) is 3.39. The molecule has 0 saturated carbocycles. The number of benzene rings is 2. The molecular weight excluding hydrogens is 378 g/mol. The van der Waals surface area contributed by atoms with Crippen molar-refractivity contribution >= 4 is 40.8 Å². The van der Waals surface area contributed by atoms with E-state index < -0.39 is 0 Å². The fraction of sp³-hybridized carbons (Fsp3) is 0.300. The van der Waals surface area contributed by atoms with E-state index in [4.69, 9.17) is 29.6 Å². The van der Waals surface area contributed by atoms with Gasteiger partial charge >= 0.3 is 0 Å². The van der Waals surface area contributed by atoms with E-state index in [0.717, 1.165) is 42.5 Å². The van der Waals surface area contributed by atoms with Gasteiger partial charge in [-0.2, -0.15) is 5.10 Å². The number of anilines is 1. The van der Waals surface area contributed by atoms with Crippen LogP contribution in [0.3, 0.4) is 0 Å². The van der Waals surface area contributed by atoms with Crippen LogP contribution in [0.2, 0.25) is 5.02 Å². The molecule has 1 heterocycles. The van der Waals surface area contributed by atoms with E-state index in [9.17, 15) is 0 Å². The number of rotatable bonds is 5. The summed E-state index contributed by atoms with van der Waals surface area (Å²) >= 11 is 11.2. The quantitative estimate of drug-likeness (QED) is 0.457. The normalized spacial score (nSPS) is 16.4. The van der Waals surface area contributed by atoms with Crippen LogP contribution in [0.4, 0.5) is 5.69 Å². The monoisotopic (exact) mass is 401 g/mol. The van der Waals surface area contributed by atoms with Gasteiger partial charge in [0, 0.05) is 32.2 Å². The van der Waals surface area contributed by atoms with Crippen molar-refractivity contribution in [3.63, 3.8) is 0 Å². The minimum Gasteiger partial charge on any atom is -0.375 e. The van der Waals surface area contributed by atoms with Crippen LogP contribution in [0.5, 0.6) is 0 Å². The average molecular weight is 402 g/mol. The lowest BCUT2D eigenvalue weighted by molar-refractivity contribution is 0.198. The summed E-state index contributed by atoms with van der Waals surface area (Å²) in [5.41, 5.74) is 11.2. The van der Waals surface area contributed by atoms with Crippen LogP contribution in [0.25, 0.3) is 0 Å². The van der Waals surface area contributed by atoms with E-state index >= 15 is 0 Å². The highest BCUT2D eigenvalue weighted by Crippen LogP contribution is 2.29. The Morgan fingerprint density at radius 1 is 1.19 bits per heavy atom. The third-order valence-electron chi connectivity index (χ3n) is 4.84. The van der Waals surface area contributed by atoms with E-state index in [1.54, 1.807) is 6.21 Å². The van der Waals surface area contributed by atoms with E-state index in [0.29, 0.717) is 6.04 Å². The van der Waals surface area contributed by atoms with Gasteiger partial charge in [-0.3, -0.25) is 10.3 Å². The summed E-state index contributed by atoms with van der Waals surface area (Å²) in [5, 5.41) is 4.82. The first-order valence-corrected chi connectivity index (χ1v) is 9.75. The summed E-state index contributed by atoms with van der Waals surface area (Å²) < 4.78 is 0. The van der Waals surface area contributed by atoms with Gasteiger partial charge in [-0.1, -0.05) is 48.0 Å². The fourth-order valence-electron chi connectivity index (χ4n) is 3.32. The Labute approximate surface area is 170 Å². The Morgan fingerprint density at radius 2 is 1.89 bits per heavy atom. The molecule has 0 amide bonds. The Balaban J connectivity index is 1.61. The summed E-state index contributed by atoms with van der Waals surface area (Å²) in [6.45, 7) is 6.19. The molecule has 142 valence electrons. The highest BCUT2D eigenvalue weighted by molar-refractivity contribution is 7.80. The fourth-order valence-corrected chi connectivity index (χ4v) is 3.68. The van der Waals surface area contributed by atoms with Gasteiger partial charge < -0.3 is 10.6 Å². The molecule has 0 aromatic heterocycles. The van der Waals surface area contributed by atoms with Crippen LogP contribution < -0.4 is 16.1 Å². The predicted molar refractivity (Wildman–Crippen MR) is 118 cm³/mol. The van der Waals surface area contributed by atoms with Crippen molar-refractivity contribution in [2.45, 2.75) is 13.0 Å². The highest BCUT2D eigenvalue weighted by atomic mass is 35.5. The zero-order valence-electron chi connectivity index (χ0n) is 15.3. The molecule has 1 fully saturated rings. The molecular formula is C20H24ClN5S. The minimum atomic E-state index is 0.136. The first-order chi connectivity index (χ1) is 13.0. The van der Waals surface area contributed by atoms with Crippen molar-refractivity contribution in [1.82, 2.24) is 10.3 Å². The lowest BCUT2D eigenvalue weighted by Crippen LogP contribution is -2.47. The number of hydrogen-bond donors (Lipinski definition) is 2. The van der Waals surface area contributed by atoms with E-state index in [2.05, 4.69) is 57.6 Å². The Hall–Kier alpha value is -2.15. The van der Waals surface area contributed by atoms with E-state index in [1.807, 2.05) is 18.2 Å². The molecule has 27 heavy (non-hydrogen) atoms. The number of hydrogen-bond acceptors (Lipinski definition) is 4. The maximum absolute atomic E-state index is 6.51. The number of hydrazone groups is 1. The van der Waals surface area contributed by atoms with Gasteiger partial charge in [0.2, 0.25) is 0 Å². The molecule has 0 bridgehead atoms. The molecule has 2 aromatic rings. The number of nitrogens with zero attached hydrogens (tertiary/aromatic N) is 3. The Morgan fingerprint density at radius 3 is 2.52 bits per heavy atom. The van der Waals surface area contributed by atoms with Crippen molar-refractivity contribution in [3.8, 4) is 0 Å². The van der Waals surface area contributed by atoms with Crippen molar-refractivity contribution in [1.29, 1.82) is 0 Å². The molecule has 3 rings (SSSR count). The van der Waals surface area contributed by atoms with Crippen LogP contribution in [-0.2, 0) is 0 Å². The third-order valence-corrected chi connectivity index (χ3v) is 5.24. The second-order valence-electron chi connectivity index (χ2n) is 6.55. The van der Waals surface area contributed by atoms with Crippen LogP contribution in [0, 0.1) is 0 Å².